The van der Waals surface area contributed by atoms with Crippen molar-refractivity contribution in [1.82, 2.24) is 15.1 Å². The summed E-state index contributed by atoms with van der Waals surface area (Å²) in [6.07, 6.45) is 6.74. The Balaban J connectivity index is 1.44. The molecular weight excluding hydrogens is 316 g/mol. The Morgan fingerprint density at radius 2 is 1.92 bits per heavy atom. The Labute approximate surface area is 146 Å². The number of carbonyl (C=O) groups is 2. The van der Waals surface area contributed by atoms with Gasteiger partial charge in [0.2, 0.25) is 5.91 Å². The largest absolute Gasteiger partial charge is 0.349 e. The summed E-state index contributed by atoms with van der Waals surface area (Å²) >= 11 is 0. The number of nitrogens with one attached hydrogen (secondary N) is 1. The van der Waals surface area contributed by atoms with Gasteiger partial charge < -0.3 is 5.32 Å². The van der Waals surface area contributed by atoms with E-state index in [1.54, 1.807) is 11.1 Å². The summed E-state index contributed by atoms with van der Waals surface area (Å²) in [5.41, 5.74) is 1.67. The smallest absolute Gasteiger partial charge is 0.251 e. The first-order valence-electron chi connectivity index (χ1n) is 8.93. The number of hydrogen-bond donors (Lipinski definition) is 1. The van der Waals surface area contributed by atoms with Crippen molar-refractivity contribution < 1.29 is 9.59 Å². The van der Waals surface area contributed by atoms with Crippen LogP contribution in [0.4, 0.5) is 5.82 Å². The highest BCUT2D eigenvalue weighted by Crippen LogP contribution is 2.23. The predicted octanol–water partition coefficient (Wildman–Crippen LogP) is 2.49. The molecule has 0 unspecified atom stereocenters. The van der Waals surface area contributed by atoms with Crippen molar-refractivity contribution in [3.8, 4) is 0 Å². The first-order chi connectivity index (χ1) is 12.2. The Hall–Kier alpha value is -2.63. The number of nitrogens with zero attached hydrogens (tertiary/aromatic N) is 3. The number of hydrogen-bond acceptors (Lipinski definition) is 3. The van der Waals surface area contributed by atoms with Crippen LogP contribution in [0, 0.1) is 0 Å². The second-order valence-corrected chi connectivity index (χ2v) is 6.79. The Morgan fingerprint density at radius 1 is 1.16 bits per heavy atom. The van der Waals surface area contributed by atoms with Crippen molar-refractivity contribution in [2.24, 2.45) is 0 Å². The van der Waals surface area contributed by atoms with Gasteiger partial charge in [0.25, 0.3) is 5.91 Å². The third kappa shape index (κ3) is 3.29. The number of fused-ring (bicyclic) bond motifs is 1. The van der Waals surface area contributed by atoms with E-state index in [4.69, 9.17) is 0 Å². The fourth-order valence-corrected chi connectivity index (χ4v) is 3.64. The summed E-state index contributed by atoms with van der Waals surface area (Å²) < 4.78 is 1.85. The van der Waals surface area contributed by atoms with Crippen molar-refractivity contribution in [1.29, 1.82) is 0 Å². The molecular formula is C19H22N4O2. The normalized spacial score (nSPS) is 17.6. The van der Waals surface area contributed by atoms with E-state index in [-0.39, 0.29) is 11.8 Å². The number of anilines is 1. The molecule has 0 radical (unpaired) electrons. The maximum atomic E-state index is 12.3. The maximum absolute atomic E-state index is 12.3. The number of aryl methyl sites for hydroxylation is 1. The molecule has 2 aromatic rings. The second-order valence-electron chi connectivity index (χ2n) is 6.79. The van der Waals surface area contributed by atoms with Crippen LogP contribution in [-0.4, -0.2) is 27.6 Å². The van der Waals surface area contributed by atoms with Gasteiger partial charge in [-0.3, -0.25) is 14.5 Å². The zero-order valence-electron chi connectivity index (χ0n) is 14.1. The SMILES string of the molecule is O=C(NC1CCCC1)c1ccc(CN2C(=O)CCn3nccc32)cc1. The molecule has 6 heteroatoms. The minimum atomic E-state index is -0.00873. The van der Waals surface area contributed by atoms with Crippen LogP contribution in [0.5, 0.6) is 0 Å². The molecule has 6 nitrogen and oxygen atoms in total. The first kappa shape index (κ1) is 15.9. The van der Waals surface area contributed by atoms with E-state index in [1.165, 1.54) is 12.8 Å². The highest BCUT2D eigenvalue weighted by Gasteiger charge is 2.24. The van der Waals surface area contributed by atoms with Crippen LogP contribution in [0.1, 0.15) is 48.0 Å². The minimum Gasteiger partial charge on any atom is -0.349 e. The lowest BCUT2D eigenvalue weighted by Gasteiger charge is -2.27. The number of benzene rings is 1. The number of aromatic nitrogens is 2. The van der Waals surface area contributed by atoms with Crippen molar-refractivity contribution in [2.45, 2.75) is 51.2 Å². The van der Waals surface area contributed by atoms with Crippen molar-refractivity contribution >= 4 is 17.6 Å². The van der Waals surface area contributed by atoms with Crippen LogP contribution in [0.25, 0.3) is 0 Å². The molecule has 4 rings (SSSR count). The van der Waals surface area contributed by atoms with E-state index < -0.39 is 0 Å². The van der Waals surface area contributed by atoms with Gasteiger partial charge in [-0.25, -0.2) is 4.68 Å². The molecule has 0 bridgehead atoms. The Morgan fingerprint density at radius 3 is 2.68 bits per heavy atom. The zero-order valence-corrected chi connectivity index (χ0v) is 14.1. The fraction of sp³-hybridized carbons (Fsp3) is 0.421. The van der Waals surface area contributed by atoms with Gasteiger partial charge >= 0.3 is 0 Å². The van der Waals surface area contributed by atoms with Crippen LogP contribution in [0.3, 0.4) is 0 Å². The van der Waals surface area contributed by atoms with Crippen LogP contribution in [0.15, 0.2) is 36.5 Å². The van der Waals surface area contributed by atoms with Crippen molar-refractivity contribution in [3.05, 3.63) is 47.7 Å². The number of carbonyl (C=O) groups excluding carboxylic acids is 2. The lowest BCUT2D eigenvalue weighted by atomic mass is 10.1. The van der Waals surface area contributed by atoms with Gasteiger partial charge in [-0.2, -0.15) is 5.10 Å². The summed E-state index contributed by atoms with van der Waals surface area (Å²) in [7, 11) is 0. The van der Waals surface area contributed by atoms with Crippen LogP contribution in [0.2, 0.25) is 0 Å². The highest BCUT2D eigenvalue weighted by molar-refractivity contribution is 5.95. The molecule has 0 atom stereocenters. The molecule has 2 aliphatic rings. The zero-order chi connectivity index (χ0) is 17.2. The molecule has 130 valence electrons. The van der Waals surface area contributed by atoms with Crippen LogP contribution in [-0.2, 0) is 17.9 Å². The highest BCUT2D eigenvalue weighted by atomic mass is 16.2. The molecule has 2 amide bonds. The van der Waals surface area contributed by atoms with Gasteiger partial charge in [0.05, 0.1) is 19.3 Å². The van der Waals surface area contributed by atoms with E-state index in [9.17, 15) is 9.59 Å². The summed E-state index contributed by atoms with van der Waals surface area (Å²) in [6.45, 7) is 1.13. The molecule has 0 saturated heterocycles. The molecule has 0 spiro atoms. The van der Waals surface area contributed by atoms with Gasteiger partial charge in [-0.15, -0.1) is 0 Å². The molecule has 1 fully saturated rings. The first-order valence-corrected chi connectivity index (χ1v) is 8.93. The molecule has 1 aromatic heterocycles. The second kappa shape index (κ2) is 6.70. The predicted molar refractivity (Wildman–Crippen MR) is 94.2 cm³/mol. The van der Waals surface area contributed by atoms with Gasteiger partial charge in [0.15, 0.2) is 0 Å². The summed E-state index contributed by atoms with van der Waals surface area (Å²) in [6, 6.07) is 9.70. The Kier molecular flexibility index (Phi) is 4.26. The fourth-order valence-electron chi connectivity index (χ4n) is 3.64. The standard InChI is InChI=1S/C19H22N4O2/c24-18-10-12-23-17(9-11-20-23)22(18)13-14-5-7-15(8-6-14)19(25)21-16-3-1-2-4-16/h5-9,11,16H,1-4,10,12-13H2,(H,21,25). The molecule has 2 heterocycles. The van der Waals surface area contributed by atoms with Gasteiger partial charge in [0.1, 0.15) is 5.82 Å². The van der Waals surface area contributed by atoms with Gasteiger partial charge in [-0.05, 0) is 30.5 Å². The monoisotopic (exact) mass is 338 g/mol. The summed E-state index contributed by atoms with van der Waals surface area (Å²) in [5.74, 6) is 0.931. The summed E-state index contributed by atoms with van der Waals surface area (Å²) in [5, 5.41) is 7.34. The van der Waals surface area contributed by atoms with Crippen LogP contribution >= 0.6 is 0 Å². The molecule has 1 aliphatic heterocycles. The summed E-state index contributed by atoms with van der Waals surface area (Å²) in [4.78, 5) is 26.3. The van der Waals surface area contributed by atoms with Crippen molar-refractivity contribution in [2.75, 3.05) is 4.90 Å². The third-order valence-corrected chi connectivity index (χ3v) is 5.06. The lowest BCUT2D eigenvalue weighted by Crippen LogP contribution is -2.37. The van der Waals surface area contributed by atoms with Gasteiger partial charge in [0, 0.05) is 24.1 Å². The molecule has 1 saturated carbocycles. The maximum Gasteiger partial charge on any atom is 0.251 e. The average Bonchev–Trinajstić information content (AvgIpc) is 3.29. The third-order valence-electron chi connectivity index (χ3n) is 5.06. The van der Waals surface area contributed by atoms with E-state index in [1.807, 2.05) is 35.0 Å². The van der Waals surface area contributed by atoms with Crippen LogP contribution < -0.4 is 10.2 Å². The van der Waals surface area contributed by atoms with Gasteiger partial charge in [-0.1, -0.05) is 25.0 Å². The quantitative estimate of drug-likeness (QED) is 0.931. The topological polar surface area (TPSA) is 67.2 Å². The molecule has 25 heavy (non-hydrogen) atoms. The number of amides is 2. The molecule has 1 aromatic carbocycles. The van der Waals surface area contributed by atoms with Crippen molar-refractivity contribution in [3.63, 3.8) is 0 Å². The average molecular weight is 338 g/mol. The van der Waals surface area contributed by atoms with E-state index in [0.717, 1.165) is 24.2 Å². The Bertz CT molecular complexity index is 775. The lowest BCUT2D eigenvalue weighted by molar-refractivity contribution is -0.119. The van der Waals surface area contributed by atoms with E-state index in [2.05, 4.69) is 10.4 Å². The number of rotatable bonds is 4. The van der Waals surface area contributed by atoms with E-state index >= 15 is 0 Å². The minimum absolute atomic E-state index is 0.00873. The van der Waals surface area contributed by atoms with E-state index in [0.29, 0.717) is 31.1 Å². The molecule has 1 aliphatic carbocycles. The molecule has 1 N–H and O–H groups in total.